The summed E-state index contributed by atoms with van der Waals surface area (Å²) < 4.78 is 12.5. The zero-order chi connectivity index (χ0) is 9.14. The lowest BCUT2D eigenvalue weighted by molar-refractivity contribution is 0.100. The zero-order valence-corrected chi connectivity index (χ0v) is 6.81. The molecular weight excluding hydrogens is 183 g/mol. The molecule has 0 aliphatic heterocycles. The van der Waals surface area contributed by atoms with Crippen molar-refractivity contribution in [1.82, 2.24) is 4.98 Å². The summed E-state index contributed by atoms with van der Waals surface area (Å²) in [6.45, 7) is -0.204. The fraction of sp³-hybridized carbons (Fsp3) is 0.143. The molecule has 1 rings (SSSR count). The third-order valence-electron chi connectivity index (χ3n) is 1.29. The van der Waals surface area contributed by atoms with Gasteiger partial charge in [-0.25, -0.2) is 9.37 Å². The zero-order valence-electron chi connectivity index (χ0n) is 6.05. The number of pyridine rings is 1. The summed E-state index contributed by atoms with van der Waals surface area (Å²) in [4.78, 5) is 14.4. The Labute approximate surface area is 73.4 Å². The molecule has 1 aromatic heterocycles. The van der Waals surface area contributed by atoms with Gasteiger partial charge in [0.25, 0.3) is 0 Å². The number of aromatic nitrogens is 1. The van der Waals surface area contributed by atoms with Gasteiger partial charge >= 0.3 is 0 Å². The lowest BCUT2D eigenvalue weighted by Gasteiger charge is -1.99. The van der Waals surface area contributed by atoms with Gasteiger partial charge in [-0.15, -0.1) is 0 Å². The van der Waals surface area contributed by atoms with E-state index in [4.69, 9.17) is 17.3 Å². The van der Waals surface area contributed by atoms with Crippen molar-refractivity contribution in [3.63, 3.8) is 0 Å². The summed E-state index contributed by atoms with van der Waals surface area (Å²) in [7, 11) is 0. The Bertz CT molecular complexity index is 316. The first-order valence-electron chi connectivity index (χ1n) is 3.19. The lowest BCUT2D eigenvalue weighted by atomic mass is 10.2. The van der Waals surface area contributed by atoms with Gasteiger partial charge in [0.2, 0.25) is 0 Å². The molecule has 64 valence electrons. The Morgan fingerprint density at radius 2 is 2.42 bits per heavy atom. The van der Waals surface area contributed by atoms with Gasteiger partial charge in [0.05, 0.1) is 18.3 Å². The number of ketones is 1. The Hall–Kier alpha value is -1.00. The van der Waals surface area contributed by atoms with Crippen LogP contribution >= 0.6 is 11.6 Å². The van der Waals surface area contributed by atoms with Crippen molar-refractivity contribution in [3.8, 4) is 0 Å². The highest BCUT2D eigenvalue weighted by Gasteiger charge is 2.10. The topological polar surface area (TPSA) is 56.0 Å². The average molecular weight is 189 g/mol. The van der Waals surface area contributed by atoms with E-state index in [2.05, 4.69) is 4.98 Å². The number of carbonyl (C=O) groups excluding carboxylic acids is 1. The van der Waals surface area contributed by atoms with Gasteiger partial charge < -0.3 is 5.73 Å². The first-order valence-corrected chi connectivity index (χ1v) is 3.57. The van der Waals surface area contributed by atoms with Gasteiger partial charge in [-0.05, 0) is 6.07 Å². The fourth-order valence-electron chi connectivity index (χ4n) is 0.728. The van der Waals surface area contributed by atoms with Crippen molar-refractivity contribution in [2.24, 2.45) is 5.73 Å². The van der Waals surface area contributed by atoms with Crippen LogP contribution in [0.25, 0.3) is 0 Å². The van der Waals surface area contributed by atoms with Crippen molar-refractivity contribution in [2.45, 2.75) is 0 Å². The van der Waals surface area contributed by atoms with Gasteiger partial charge in [0, 0.05) is 0 Å². The predicted octanol–water partition coefficient (Wildman–Crippen LogP) is 1.02. The second kappa shape index (κ2) is 3.60. The van der Waals surface area contributed by atoms with E-state index in [0.29, 0.717) is 0 Å². The molecule has 0 aromatic carbocycles. The molecule has 0 saturated heterocycles. The molecule has 0 amide bonds. The van der Waals surface area contributed by atoms with Crippen LogP contribution in [0.15, 0.2) is 12.3 Å². The minimum absolute atomic E-state index is 0.0214. The van der Waals surface area contributed by atoms with Crippen molar-refractivity contribution in [1.29, 1.82) is 0 Å². The van der Waals surface area contributed by atoms with Gasteiger partial charge in [-0.3, -0.25) is 4.79 Å². The molecule has 12 heavy (non-hydrogen) atoms. The monoisotopic (exact) mass is 188 g/mol. The first-order chi connectivity index (χ1) is 5.65. The molecule has 0 aliphatic rings. The number of carbonyl (C=O) groups is 1. The molecule has 0 radical (unpaired) electrons. The van der Waals surface area contributed by atoms with Crippen molar-refractivity contribution < 1.29 is 9.18 Å². The average Bonchev–Trinajstić information content (AvgIpc) is 2.08. The second-order valence-electron chi connectivity index (χ2n) is 2.12. The summed E-state index contributed by atoms with van der Waals surface area (Å²) in [6.07, 6.45) is 0.940. The molecule has 0 aliphatic carbocycles. The maximum Gasteiger partial charge on any atom is 0.179 e. The molecule has 0 saturated carbocycles. The fourth-order valence-corrected chi connectivity index (χ4v) is 0.937. The number of hydrogen-bond acceptors (Lipinski definition) is 3. The molecule has 0 fully saturated rings. The number of Topliss-reactive ketones (excluding diaryl/α,β-unsaturated/α-hetero) is 1. The smallest absolute Gasteiger partial charge is 0.179 e. The van der Waals surface area contributed by atoms with Crippen LogP contribution in [0.4, 0.5) is 4.39 Å². The van der Waals surface area contributed by atoms with Crippen LogP contribution in [-0.4, -0.2) is 17.3 Å². The molecule has 2 N–H and O–H groups in total. The maximum atomic E-state index is 12.5. The number of nitrogens with two attached hydrogens (primary N) is 1. The third kappa shape index (κ3) is 1.78. The van der Waals surface area contributed by atoms with E-state index in [1.807, 2.05) is 0 Å². The van der Waals surface area contributed by atoms with Crippen molar-refractivity contribution in [3.05, 3.63) is 28.8 Å². The maximum absolute atomic E-state index is 12.5. The van der Waals surface area contributed by atoms with Crippen LogP contribution in [0.2, 0.25) is 5.15 Å². The molecule has 0 spiro atoms. The Balaban J connectivity index is 3.13. The molecule has 0 bridgehead atoms. The molecule has 1 heterocycles. The highest BCUT2D eigenvalue weighted by Crippen LogP contribution is 2.13. The van der Waals surface area contributed by atoms with Gasteiger partial charge in [0.1, 0.15) is 11.0 Å². The Morgan fingerprint density at radius 1 is 1.75 bits per heavy atom. The minimum atomic E-state index is -0.601. The summed E-state index contributed by atoms with van der Waals surface area (Å²) in [5, 5.41) is -0.0214. The van der Waals surface area contributed by atoms with Crippen LogP contribution in [0.5, 0.6) is 0 Å². The van der Waals surface area contributed by atoms with E-state index in [9.17, 15) is 9.18 Å². The lowest BCUT2D eigenvalue weighted by Crippen LogP contribution is -2.14. The molecule has 3 nitrogen and oxygen atoms in total. The Morgan fingerprint density at radius 3 is 3.00 bits per heavy atom. The van der Waals surface area contributed by atoms with Crippen molar-refractivity contribution >= 4 is 17.4 Å². The SMILES string of the molecule is NCC(=O)c1cc(F)cnc1Cl. The van der Waals surface area contributed by atoms with E-state index < -0.39 is 11.6 Å². The van der Waals surface area contributed by atoms with E-state index in [0.717, 1.165) is 12.3 Å². The number of rotatable bonds is 2. The largest absolute Gasteiger partial charge is 0.324 e. The predicted molar refractivity (Wildman–Crippen MR) is 42.6 cm³/mol. The highest BCUT2D eigenvalue weighted by atomic mass is 35.5. The highest BCUT2D eigenvalue weighted by molar-refractivity contribution is 6.32. The number of hydrogen-bond donors (Lipinski definition) is 1. The summed E-state index contributed by atoms with van der Waals surface area (Å²) in [6, 6.07) is 1.02. The van der Waals surface area contributed by atoms with E-state index in [1.165, 1.54) is 0 Å². The van der Waals surface area contributed by atoms with E-state index in [-0.39, 0.29) is 17.3 Å². The molecule has 1 aromatic rings. The minimum Gasteiger partial charge on any atom is -0.324 e. The number of halogens is 2. The van der Waals surface area contributed by atoms with Crippen LogP contribution in [0.3, 0.4) is 0 Å². The van der Waals surface area contributed by atoms with E-state index >= 15 is 0 Å². The molecule has 0 unspecified atom stereocenters. The normalized spacial score (nSPS) is 9.92. The van der Waals surface area contributed by atoms with Crippen LogP contribution in [0.1, 0.15) is 10.4 Å². The summed E-state index contributed by atoms with van der Waals surface area (Å²) in [5.41, 5.74) is 5.09. The first kappa shape index (κ1) is 9.09. The summed E-state index contributed by atoms with van der Waals surface area (Å²) in [5.74, 6) is -1.02. The van der Waals surface area contributed by atoms with Gasteiger partial charge in [-0.1, -0.05) is 11.6 Å². The van der Waals surface area contributed by atoms with Crippen molar-refractivity contribution in [2.75, 3.05) is 6.54 Å². The van der Waals surface area contributed by atoms with E-state index in [1.54, 1.807) is 0 Å². The molecule has 0 atom stereocenters. The van der Waals surface area contributed by atoms with Crippen LogP contribution in [0, 0.1) is 5.82 Å². The second-order valence-corrected chi connectivity index (χ2v) is 2.48. The molecular formula is C7H6ClFN2O. The third-order valence-corrected chi connectivity index (χ3v) is 1.59. The van der Waals surface area contributed by atoms with Gasteiger partial charge in [-0.2, -0.15) is 0 Å². The molecule has 5 heteroatoms. The quantitative estimate of drug-likeness (QED) is 0.557. The standard InChI is InChI=1S/C7H6ClFN2O/c8-7-5(6(12)2-10)1-4(9)3-11-7/h1,3H,2,10H2. The summed E-state index contributed by atoms with van der Waals surface area (Å²) >= 11 is 5.52. The van der Waals surface area contributed by atoms with Crippen LogP contribution in [-0.2, 0) is 0 Å². The Kier molecular flexibility index (Phi) is 2.73. The van der Waals surface area contributed by atoms with Gasteiger partial charge in [0.15, 0.2) is 5.78 Å². The number of nitrogens with zero attached hydrogens (tertiary/aromatic N) is 1. The van der Waals surface area contributed by atoms with Crippen LogP contribution < -0.4 is 5.73 Å².